The minimum Gasteiger partial charge on any atom is -0.493 e. The van der Waals surface area contributed by atoms with E-state index in [4.69, 9.17) is 53.8 Å². The summed E-state index contributed by atoms with van der Waals surface area (Å²) in [5, 5.41) is 12.1. The summed E-state index contributed by atoms with van der Waals surface area (Å²) >= 11 is 17.0. The van der Waals surface area contributed by atoms with Crippen molar-refractivity contribution in [3.63, 3.8) is 0 Å². The fourth-order valence-corrected chi connectivity index (χ4v) is 5.69. The van der Waals surface area contributed by atoms with Crippen LogP contribution in [0.1, 0.15) is 52.2 Å². The van der Waals surface area contributed by atoms with Crippen molar-refractivity contribution in [2.45, 2.75) is 54.8 Å². The van der Waals surface area contributed by atoms with Crippen molar-refractivity contribution in [1.29, 1.82) is 0 Å². The number of aliphatic hydroxyl groups excluding tert-OH is 1. The summed E-state index contributed by atoms with van der Waals surface area (Å²) in [6.07, 6.45) is 0.718. The standard InChI is InChI=1S/C32H35Cl3N2O6/c1-40-28-13-24-11-12-37(17-25(24)14-29(28)41-2)18-26-15-27(22-7-5-21(19-38)6-8-22)43-30(42-26)23-9-3-20(4-10-23)16-36-31(39)32(33,34)35/h3-10,13-14,26-27,30,38H,11-12,15-19H2,1-2H3,(H,36,39)/t26-,27+,30+/m0/s1. The molecule has 3 atom stereocenters. The van der Waals surface area contributed by atoms with E-state index in [1.165, 1.54) is 11.1 Å². The second-order valence-electron chi connectivity index (χ2n) is 10.7. The molecule has 1 saturated heterocycles. The Labute approximate surface area is 266 Å². The molecule has 0 radical (unpaired) electrons. The summed E-state index contributed by atoms with van der Waals surface area (Å²) in [5.41, 5.74) is 6.07. The van der Waals surface area contributed by atoms with Gasteiger partial charge in [-0.3, -0.25) is 9.69 Å². The zero-order valence-electron chi connectivity index (χ0n) is 24.0. The van der Waals surface area contributed by atoms with Crippen LogP contribution in [0.25, 0.3) is 0 Å². The summed E-state index contributed by atoms with van der Waals surface area (Å²) < 4.78 is 22.1. The highest BCUT2D eigenvalue weighted by atomic mass is 35.6. The molecule has 2 N–H and O–H groups in total. The maximum Gasteiger partial charge on any atom is 0.272 e. The first kappa shape index (κ1) is 31.9. The lowest BCUT2D eigenvalue weighted by atomic mass is 9.97. The van der Waals surface area contributed by atoms with Gasteiger partial charge in [-0.1, -0.05) is 83.3 Å². The highest BCUT2D eigenvalue weighted by Gasteiger charge is 2.34. The third-order valence-corrected chi connectivity index (χ3v) is 8.35. The highest BCUT2D eigenvalue weighted by molar-refractivity contribution is 6.76. The smallest absolute Gasteiger partial charge is 0.272 e. The Morgan fingerprint density at radius 1 is 0.953 bits per heavy atom. The number of hydrogen-bond acceptors (Lipinski definition) is 7. The van der Waals surface area contributed by atoms with Gasteiger partial charge in [-0.25, -0.2) is 0 Å². The summed E-state index contributed by atoms with van der Waals surface area (Å²) in [5.74, 6) is 0.794. The van der Waals surface area contributed by atoms with E-state index < -0.39 is 16.0 Å². The number of nitrogens with one attached hydrogen (secondary N) is 1. The molecule has 0 saturated carbocycles. The molecule has 0 spiro atoms. The Morgan fingerprint density at radius 3 is 2.21 bits per heavy atom. The minimum absolute atomic E-state index is 0.0122. The molecule has 1 amide bonds. The third-order valence-electron chi connectivity index (χ3n) is 7.84. The second kappa shape index (κ2) is 14.0. The number of aliphatic hydroxyl groups is 1. The maximum atomic E-state index is 11.9. The first-order chi connectivity index (χ1) is 20.7. The van der Waals surface area contributed by atoms with Crippen LogP contribution in [0.4, 0.5) is 0 Å². The van der Waals surface area contributed by atoms with Gasteiger partial charge < -0.3 is 29.4 Å². The molecular formula is C32H35Cl3N2O6. The largest absolute Gasteiger partial charge is 0.493 e. The lowest BCUT2D eigenvalue weighted by Crippen LogP contribution is -2.41. The zero-order valence-corrected chi connectivity index (χ0v) is 26.3. The van der Waals surface area contributed by atoms with Gasteiger partial charge in [0.15, 0.2) is 17.8 Å². The Hall–Kier alpha value is -2.56. The van der Waals surface area contributed by atoms with Gasteiger partial charge in [-0.05, 0) is 46.4 Å². The normalized spacial score (nSPS) is 20.7. The molecule has 43 heavy (non-hydrogen) atoms. The second-order valence-corrected chi connectivity index (χ2v) is 13.0. The SMILES string of the molecule is COc1cc2c(cc1OC)CN(C[C@@H]1C[C@H](c3ccc(CO)cc3)O[C@H](c3ccc(CNC(=O)C(Cl)(Cl)Cl)cc3)O1)CC2. The number of hydrogen-bond donors (Lipinski definition) is 2. The topological polar surface area (TPSA) is 89.5 Å². The number of fused-ring (bicyclic) bond motifs is 1. The number of alkyl halides is 3. The van der Waals surface area contributed by atoms with Crippen LogP contribution in [0.2, 0.25) is 0 Å². The van der Waals surface area contributed by atoms with Crippen LogP contribution in [0.15, 0.2) is 60.7 Å². The summed E-state index contributed by atoms with van der Waals surface area (Å²) in [6, 6.07) is 19.6. The fourth-order valence-electron chi connectivity index (χ4n) is 5.49. The van der Waals surface area contributed by atoms with Crippen molar-refractivity contribution in [2.24, 2.45) is 0 Å². The number of carbonyl (C=O) groups excluding carboxylic acids is 1. The molecule has 2 heterocycles. The minimum atomic E-state index is -2.02. The van der Waals surface area contributed by atoms with Gasteiger partial charge in [0.2, 0.25) is 0 Å². The van der Waals surface area contributed by atoms with E-state index in [9.17, 15) is 9.90 Å². The molecule has 3 aromatic carbocycles. The first-order valence-corrected chi connectivity index (χ1v) is 15.2. The molecule has 0 bridgehead atoms. The molecule has 5 rings (SSSR count). The van der Waals surface area contributed by atoms with Gasteiger partial charge in [0.25, 0.3) is 9.70 Å². The molecular weight excluding hydrogens is 615 g/mol. The number of ether oxygens (including phenoxy) is 4. The van der Waals surface area contributed by atoms with E-state index in [-0.39, 0.29) is 25.4 Å². The zero-order chi connectivity index (χ0) is 30.6. The van der Waals surface area contributed by atoms with Gasteiger partial charge in [-0.15, -0.1) is 0 Å². The number of benzene rings is 3. The molecule has 11 heteroatoms. The van der Waals surface area contributed by atoms with E-state index in [0.29, 0.717) is 6.42 Å². The number of carbonyl (C=O) groups is 1. The Bertz CT molecular complexity index is 1400. The number of nitrogens with zero attached hydrogens (tertiary/aromatic N) is 1. The Balaban J connectivity index is 1.31. The summed E-state index contributed by atoms with van der Waals surface area (Å²) in [7, 11) is 3.31. The van der Waals surface area contributed by atoms with E-state index >= 15 is 0 Å². The van der Waals surface area contributed by atoms with Crippen LogP contribution in [-0.2, 0) is 40.4 Å². The van der Waals surface area contributed by atoms with Gasteiger partial charge >= 0.3 is 0 Å². The van der Waals surface area contributed by atoms with Crippen LogP contribution in [-0.4, -0.2) is 53.1 Å². The van der Waals surface area contributed by atoms with Crippen LogP contribution in [0, 0.1) is 0 Å². The quantitative estimate of drug-likeness (QED) is 0.284. The molecule has 8 nitrogen and oxygen atoms in total. The lowest BCUT2D eigenvalue weighted by Gasteiger charge is -2.39. The molecule has 2 aliphatic rings. The summed E-state index contributed by atoms with van der Waals surface area (Å²) in [4.78, 5) is 14.3. The number of methoxy groups -OCH3 is 2. The summed E-state index contributed by atoms with van der Waals surface area (Å²) in [6.45, 7) is 2.63. The van der Waals surface area contributed by atoms with E-state index in [1.807, 2.05) is 48.5 Å². The third kappa shape index (κ3) is 7.94. The van der Waals surface area contributed by atoms with Gasteiger partial charge in [0.1, 0.15) is 0 Å². The predicted molar refractivity (Wildman–Crippen MR) is 166 cm³/mol. The molecule has 0 aromatic heterocycles. The average Bonchev–Trinajstić information content (AvgIpc) is 3.02. The first-order valence-electron chi connectivity index (χ1n) is 14.1. The Kier molecular flexibility index (Phi) is 10.4. The Morgan fingerprint density at radius 2 is 1.58 bits per heavy atom. The lowest BCUT2D eigenvalue weighted by molar-refractivity contribution is -0.253. The number of amides is 1. The van der Waals surface area contributed by atoms with Crippen LogP contribution in [0.3, 0.4) is 0 Å². The molecule has 2 aliphatic heterocycles. The number of rotatable bonds is 9. The van der Waals surface area contributed by atoms with Gasteiger partial charge in [0.05, 0.1) is 33.0 Å². The van der Waals surface area contributed by atoms with Crippen LogP contribution in [0.5, 0.6) is 11.5 Å². The molecule has 0 aliphatic carbocycles. The monoisotopic (exact) mass is 648 g/mol. The van der Waals surface area contributed by atoms with Crippen molar-refractivity contribution < 1.29 is 28.8 Å². The average molecular weight is 650 g/mol. The van der Waals surface area contributed by atoms with E-state index in [0.717, 1.165) is 59.8 Å². The van der Waals surface area contributed by atoms with Crippen molar-refractivity contribution in [1.82, 2.24) is 10.2 Å². The molecule has 230 valence electrons. The van der Waals surface area contributed by atoms with Crippen molar-refractivity contribution in [3.05, 3.63) is 94.0 Å². The molecule has 3 aromatic rings. The van der Waals surface area contributed by atoms with Crippen LogP contribution < -0.4 is 14.8 Å². The van der Waals surface area contributed by atoms with E-state index in [1.54, 1.807) is 14.2 Å². The molecule has 0 unspecified atom stereocenters. The van der Waals surface area contributed by atoms with Gasteiger partial charge in [-0.2, -0.15) is 0 Å². The van der Waals surface area contributed by atoms with E-state index in [2.05, 4.69) is 22.3 Å². The van der Waals surface area contributed by atoms with Crippen molar-refractivity contribution in [2.75, 3.05) is 27.3 Å². The number of halogens is 3. The fraction of sp³-hybridized carbons (Fsp3) is 0.406. The van der Waals surface area contributed by atoms with Crippen LogP contribution >= 0.6 is 34.8 Å². The predicted octanol–water partition coefficient (Wildman–Crippen LogP) is 5.79. The highest BCUT2D eigenvalue weighted by Crippen LogP contribution is 2.39. The van der Waals surface area contributed by atoms with Crippen molar-refractivity contribution >= 4 is 40.7 Å². The maximum absolute atomic E-state index is 11.9. The molecule has 1 fully saturated rings. The van der Waals surface area contributed by atoms with Gasteiger partial charge in [0, 0.05) is 38.2 Å². The van der Waals surface area contributed by atoms with Crippen molar-refractivity contribution in [3.8, 4) is 11.5 Å².